The van der Waals surface area contributed by atoms with Gasteiger partial charge in [-0.15, -0.1) is 0 Å². The average Bonchev–Trinajstić information content (AvgIpc) is 2.49. The summed E-state index contributed by atoms with van der Waals surface area (Å²) in [4.78, 5) is 2.22. The molecule has 1 aliphatic heterocycles. The smallest absolute Gasteiger partial charge is 0.122 e. The highest BCUT2D eigenvalue weighted by molar-refractivity contribution is 5.35. The van der Waals surface area contributed by atoms with Crippen molar-refractivity contribution in [1.82, 2.24) is 4.90 Å². The monoisotopic (exact) mass is 293 g/mol. The Morgan fingerprint density at radius 3 is 2.76 bits per heavy atom. The number of ether oxygens (including phenoxy) is 2. The van der Waals surface area contributed by atoms with Gasteiger partial charge in [0.15, 0.2) is 0 Å². The molecule has 1 N–H and O–H groups in total. The molecule has 1 heterocycles. The first-order chi connectivity index (χ1) is 10.1. The van der Waals surface area contributed by atoms with E-state index in [4.69, 9.17) is 9.47 Å². The van der Waals surface area contributed by atoms with E-state index in [-0.39, 0.29) is 0 Å². The molecule has 4 heteroatoms. The fourth-order valence-corrected chi connectivity index (χ4v) is 2.71. The van der Waals surface area contributed by atoms with Crippen LogP contribution < -0.4 is 4.74 Å². The Morgan fingerprint density at radius 2 is 2.05 bits per heavy atom. The third kappa shape index (κ3) is 4.99. The van der Waals surface area contributed by atoms with Crippen LogP contribution in [0.3, 0.4) is 0 Å². The second-order valence-electron chi connectivity index (χ2n) is 6.02. The Hall–Kier alpha value is -1.10. The standard InChI is InChI=1S/C17H27NO3/c1-13-4-5-14(2)17(10-13)21-12-16(19)11-18(3)15-6-8-20-9-7-15/h4-5,10,15-16,19H,6-9,11-12H2,1-3H3. The molecular formula is C17H27NO3. The minimum absolute atomic E-state index is 0.331. The summed E-state index contributed by atoms with van der Waals surface area (Å²) in [6, 6.07) is 6.64. The van der Waals surface area contributed by atoms with Gasteiger partial charge in [-0.25, -0.2) is 0 Å². The first-order valence-electron chi connectivity index (χ1n) is 7.72. The molecule has 0 saturated carbocycles. The molecule has 4 nitrogen and oxygen atoms in total. The lowest BCUT2D eigenvalue weighted by molar-refractivity contribution is 0.0159. The van der Waals surface area contributed by atoms with Crippen LogP contribution >= 0.6 is 0 Å². The molecule has 2 rings (SSSR count). The summed E-state index contributed by atoms with van der Waals surface area (Å²) in [6.07, 6.45) is 1.61. The molecule has 118 valence electrons. The van der Waals surface area contributed by atoms with E-state index in [1.165, 1.54) is 5.56 Å². The SMILES string of the molecule is Cc1ccc(C)c(OCC(O)CN(C)C2CCOCC2)c1. The molecule has 0 aromatic heterocycles. The van der Waals surface area contributed by atoms with E-state index in [0.29, 0.717) is 19.2 Å². The van der Waals surface area contributed by atoms with Crippen molar-refractivity contribution < 1.29 is 14.6 Å². The molecule has 1 fully saturated rings. The van der Waals surface area contributed by atoms with E-state index in [1.54, 1.807) is 0 Å². The third-order valence-corrected chi connectivity index (χ3v) is 4.09. The number of hydrogen-bond acceptors (Lipinski definition) is 4. The summed E-state index contributed by atoms with van der Waals surface area (Å²) in [5.41, 5.74) is 2.27. The third-order valence-electron chi connectivity index (χ3n) is 4.09. The van der Waals surface area contributed by atoms with Crippen LogP contribution in [-0.2, 0) is 4.74 Å². The molecule has 0 amide bonds. The van der Waals surface area contributed by atoms with Gasteiger partial charge >= 0.3 is 0 Å². The molecule has 0 bridgehead atoms. The highest BCUT2D eigenvalue weighted by atomic mass is 16.5. The lowest BCUT2D eigenvalue weighted by Gasteiger charge is -2.32. The van der Waals surface area contributed by atoms with E-state index in [0.717, 1.165) is 37.4 Å². The molecule has 1 saturated heterocycles. The van der Waals surface area contributed by atoms with E-state index in [1.807, 2.05) is 26.0 Å². The topological polar surface area (TPSA) is 41.9 Å². The Balaban J connectivity index is 1.78. The Bertz CT molecular complexity index is 444. The first-order valence-corrected chi connectivity index (χ1v) is 7.72. The second kappa shape index (κ2) is 7.78. The molecule has 21 heavy (non-hydrogen) atoms. The van der Waals surface area contributed by atoms with Crippen molar-refractivity contribution in [3.8, 4) is 5.75 Å². The maximum absolute atomic E-state index is 10.2. The van der Waals surface area contributed by atoms with E-state index in [9.17, 15) is 5.11 Å². The van der Waals surface area contributed by atoms with Crippen LogP contribution in [0.5, 0.6) is 5.75 Å². The Kier molecular flexibility index (Phi) is 6.03. The van der Waals surface area contributed by atoms with Crippen LogP contribution in [0.1, 0.15) is 24.0 Å². The Morgan fingerprint density at radius 1 is 1.33 bits per heavy atom. The van der Waals surface area contributed by atoms with Crippen molar-refractivity contribution in [2.45, 2.75) is 38.8 Å². The second-order valence-corrected chi connectivity index (χ2v) is 6.02. The zero-order chi connectivity index (χ0) is 15.2. The van der Waals surface area contributed by atoms with Crippen molar-refractivity contribution in [3.63, 3.8) is 0 Å². The van der Waals surface area contributed by atoms with Crippen LogP contribution in [0.15, 0.2) is 18.2 Å². The van der Waals surface area contributed by atoms with Gasteiger partial charge in [0, 0.05) is 25.8 Å². The van der Waals surface area contributed by atoms with Crippen LogP contribution in [0.4, 0.5) is 0 Å². The van der Waals surface area contributed by atoms with Crippen molar-refractivity contribution in [2.24, 2.45) is 0 Å². The van der Waals surface area contributed by atoms with Gasteiger partial charge in [-0.1, -0.05) is 12.1 Å². The number of nitrogens with zero attached hydrogens (tertiary/aromatic N) is 1. The fraction of sp³-hybridized carbons (Fsp3) is 0.647. The van der Waals surface area contributed by atoms with Crippen molar-refractivity contribution in [1.29, 1.82) is 0 Å². The number of aryl methyl sites for hydroxylation is 2. The summed E-state index contributed by atoms with van der Waals surface area (Å²) in [7, 11) is 2.07. The molecular weight excluding hydrogens is 266 g/mol. The molecule has 1 aliphatic rings. The number of likely N-dealkylation sites (N-methyl/N-ethyl adjacent to an activating group) is 1. The molecule has 0 spiro atoms. The van der Waals surface area contributed by atoms with Crippen molar-refractivity contribution in [3.05, 3.63) is 29.3 Å². The van der Waals surface area contributed by atoms with Gasteiger partial charge in [-0.2, -0.15) is 0 Å². The van der Waals surface area contributed by atoms with Crippen LogP contribution in [0, 0.1) is 13.8 Å². The number of rotatable bonds is 6. The minimum Gasteiger partial charge on any atom is -0.491 e. The zero-order valence-corrected chi connectivity index (χ0v) is 13.3. The summed E-state index contributed by atoms with van der Waals surface area (Å²) in [5, 5.41) is 10.2. The highest BCUT2D eigenvalue weighted by Gasteiger charge is 2.20. The molecule has 1 aromatic rings. The first kappa shape index (κ1) is 16.3. The van der Waals surface area contributed by atoms with Gasteiger partial charge in [-0.05, 0) is 50.9 Å². The molecule has 0 aliphatic carbocycles. The van der Waals surface area contributed by atoms with Crippen LogP contribution in [0.25, 0.3) is 0 Å². The minimum atomic E-state index is -0.474. The summed E-state index contributed by atoms with van der Waals surface area (Å²) in [5.74, 6) is 0.864. The molecule has 0 radical (unpaired) electrons. The van der Waals surface area contributed by atoms with E-state index < -0.39 is 6.10 Å². The predicted octanol–water partition coefficient (Wildman–Crippen LogP) is 2.15. The predicted molar refractivity (Wildman–Crippen MR) is 83.9 cm³/mol. The maximum Gasteiger partial charge on any atom is 0.122 e. The lowest BCUT2D eigenvalue weighted by Crippen LogP contribution is -2.42. The van der Waals surface area contributed by atoms with Crippen molar-refractivity contribution in [2.75, 3.05) is 33.4 Å². The maximum atomic E-state index is 10.2. The van der Waals surface area contributed by atoms with Crippen LogP contribution in [-0.4, -0.2) is 55.6 Å². The van der Waals surface area contributed by atoms with E-state index >= 15 is 0 Å². The quantitative estimate of drug-likeness (QED) is 0.873. The van der Waals surface area contributed by atoms with E-state index in [2.05, 4.69) is 18.0 Å². The normalized spacial score (nSPS) is 18.0. The van der Waals surface area contributed by atoms with Gasteiger partial charge in [0.2, 0.25) is 0 Å². The largest absolute Gasteiger partial charge is 0.491 e. The summed E-state index contributed by atoms with van der Waals surface area (Å²) in [6.45, 7) is 6.68. The zero-order valence-electron chi connectivity index (χ0n) is 13.3. The van der Waals surface area contributed by atoms with Crippen LogP contribution in [0.2, 0.25) is 0 Å². The molecule has 1 atom stereocenters. The average molecular weight is 293 g/mol. The van der Waals surface area contributed by atoms with Crippen molar-refractivity contribution >= 4 is 0 Å². The summed E-state index contributed by atoms with van der Waals surface area (Å²) < 4.78 is 11.1. The lowest BCUT2D eigenvalue weighted by atomic mass is 10.1. The fourth-order valence-electron chi connectivity index (χ4n) is 2.71. The number of aliphatic hydroxyl groups is 1. The van der Waals surface area contributed by atoms with Gasteiger partial charge in [0.05, 0.1) is 0 Å². The molecule has 1 aromatic carbocycles. The number of hydrogen-bond donors (Lipinski definition) is 1. The van der Waals surface area contributed by atoms with Gasteiger partial charge in [0.1, 0.15) is 18.5 Å². The highest BCUT2D eigenvalue weighted by Crippen LogP contribution is 2.19. The summed E-state index contributed by atoms with van der Waals surface area (Å²) >= 11 is 0. The molecule has 1 unspecified atom stereocenters. The van der Waals surface area contributed by atoms with Gasteiger partial charge in [0.25, 0.3) is 0 Å². The number of benzene rings is 1. The number of aliphatic hydroxyl groups excluding tert-OH is 1. The van der Waals surface area contributed by atoms with Gasteiger partial charge in [-0.3, -0.25) is 0 Å². The Labute approximate surface area is 127 Å². The van der Waals surface area contributed by atoms with Gasteiger partial charge < -0.3 is 19.5 Å².